The van der Waals surface area contributed by atoms with Crippen molar-refractivity contribution >= 4 is 16.8 Å². The Bertz CT molecular complexity index is 685. The SMILES string of the molecule is COc1ccc(S(=O)n2cc(F)c(N)nc2=O)cc1. The summed E-state index contributed by atoms with van der Waals surface area (Å²) in [5.41, 5.74) is 4.27. The van der Waals surface area contributed by atoms with Crippen molar-refractivity contribution in [2.45, 2.75) is 4.90 Å². The molecule has 0 aliphatic heterocycles. The quantitative estimate of drug-likeness (QED) is 0.888. The summed E-state index contributed by atoms with van der Waals surface area (Å²) in [4.78, 5) is 15.1. The Morgan fingerprint density at radius 3 is 2.58 bits per heavy atom. The second kappa shape index (κ2) is 5.19. The van der Waals surface area contributed by atoms with E-state index in [1.165, 1.54) is 19.2 Å². The molecular formula is C11H10FN3O3S. The zero-order chi connectivity index (χ0) is 14.0. The van der Waals surface area contributed by atoms with Crippen molar-refractivity contribution in [3.8, 4) is 5.75 Å². The van der Waals surface area contributed by atoms with Gasteiger partial charge in [-0.1, -0.05) is 0 Å². The average molecular weight is 283 g/mol. The number of methoxy groups -OCH3 is 1. The highest BCUT2D eigenvalue weighted by Gasteiger charge is 2.12. The molecule has 0 spiro atoms. The number of benzene rings is 1. The third-order valence-corrected chi connectivity index (χ3v) is 3.61. The van der Waals surface area contributed by atoms with Crippen LogP contribution in [0.15, 0.2) is 40.2 Å². The van der Waals surface area contributed by atoms with Crippen molar-refractivity contribution in [3.05, 3.63) is 46.8 Å². The summed E-state index contributed by atoms with van der Waals surface area (Å²) in [6.45, 7) is 0. The Morgan fingerprint density at radius 2 is 2.00 bits per heavy atom. The minimum Gasteiger partial charge on any atom is -0.497 e. The number of rotatable bonds is 3. The summed E-state index contributed by atoms with van der Waals surface area (Å²) in [6.07, 6.45) is 0.769. The molecule has 1 aromatic heterocycles. The molecule has 0 fully saturated rings. The predicted octanol–water partition coefficient (Wildman–Crippen LogP) is 0.544. The van der Waals surface area contributed by atoms with Crippen LogP contribution in [0.3, 0.4) is 0 Å². The highest BCUT2D eigenvalue weighted by atomic mass is 32.2. The van der Waals surface area contributed by atoms with Gasteiger partial charge in [0.2, 0.25) is 0 Å². The van der Waals surface area contributed by atoms with Crippen LogP contribution in [0.25, 0.3) is 0 Å². The molecule has 2 aromatic rings. The van der Waals surface area contributed by atoms with Crippen LogP contribution in [0, 0.1) is 5.82 Å². The molecular weight excluding hydrogens is 273 g/mol. The first kappa shape index (κ1) is 13.2. The number of nitrogen functional groups attached to an aromatic ring is 1. The highest BCUT2D eigenvalue weighted by Crippen LogP contribution is 2.15. The number of ether oxygens (including phenoxy) is 1. The van der Waals surface area contributed by atoms with Gasteiger partial charge in [-0.15, -0.1) is 0 Å². The van der Waals surface area contributed by atoms with E-state index in [0.717, 1.165) is 6.20 Å². The zero-order valence-corrected chi connectivity index (χ0v) is 10.7. The molecule has 0 aliphatic carbocycles. The van der Waals surface area contributed by atoms with Crippen molar-refractivity contribution in [1.29, 1.82) is 0 Å². The third-order valence-electron chi connectivity index (χ3n) is 2.32. The Morgan fingerprint density at radius 1 is 1.37 bits per heavy atom. The van der Waals surface area contributed by atoms with E-state index in [2.05, 4.69) is 4.98 Å². The molecule has 8 heteroatoms. The maximum atomic E-state index is 13.3. The molecule has 0 radical (unpaired) electrons. The van der Waals surface area contributed by atoms with E-state index in [1.807, 2.05) is 0 Å². The maximum Gasteiger partial charge on any atom is 0.361 e. The normalized spacial score (nSPS) is 12.1. The topological polar surface area (TPSA) is 87.2 Å². The molecule has 100 valence electrons. The lowest BCUT2D eigenvalue weighted by Crippen LogP contribution is -2.27. The summed E-state index contributed by atoms with van der Waals surface area (Å²) < 4.78 is 31.0. The number of aromatic nitrogens is 2. The molecule has 2 N–H and O–H groups in total. The van der Waals surface area contributed by atoms with Crippen molar-refractivity contribution in [2.75, 3.05) is 12.8 Å². The lowest BCUT2D eigenvalue weighted by atomic mass is 10.3. The molecule has 0 saturated heterocycles. The van der Waals surface area contributed by atoms with Gasteiger partial charge in [-0.25, -0.2) is 17.4 Å². The molecule has 0 saturated carbocycles. The van der Waals surface area contributed by atoms with Gasteiger partial charge in [-0.3, -0.25) is 0 Å². The van der Waals surface area contributed by atoms with E-state index in [9.17, 15) is 13.4 Å². The summed E-state index contributed by atoms with van der Waals surface area (Å²) >= 11 is 0. The van der Waals surface area contributed by atoms with Crippen LogP contribution in [0.2, 0.25) is 0 Å². The molecule has 0 aliphatic rings. The Labute approximate surface area is 110 Å². The Hall–Kier alpha value is -2.22. The third kappa shape index (κ3) is 2.63. The zero-order valence-electron chi connectivity index (χ0n) is 9.87. The smallest absolute Gasteiger partial charge is 0.361 e. The van der Waals surface area contributed by atoms with E-state index >= 15 is 0 Å². The fourth-order valence-electron chi connectivity index (χ4n) is 1.35. The van der Waals surface area contributed by atoms with Gasteiger partial charge in [0.15, 0.2) is 22.6 Å². The van der Waals surface area contributed by atoms with Crippen molar-refractivity contribution in [1.82, 2.24) is 8.96 Å². The molecule has 0 amide bonds. The lowest BCUT2D eigenvalue weighted by molar-refractivity contribution is 0.414. The Kier molecular flexibility index (Phi) is 3.61. The number of hydrogen-bond donors (Lipinski definition) is 1. The summed E-state index contributed by atoms with van der Waals surface area (Å²) in [7, 11) is -0.401. The summed E-state index contributed by atoms with van der Waals surface area (Å²) in [6, 6.07) is 6.18. The molecule has 0 bridgehead atoms. The summed E-state index contributed by atoms with van der Waals surface area (Å²) in [5, 5.41) is 0. The first-order valence-corrected chi connectivity index (χ1v) is 6.24. The van der Waals surface area contributed by atoms with E-state index in [-0.39, 0.29) is 0 Å². The monoisotopic (exact) mass is 283 g/mol. The van der Waals surface area contributed by atoms with E-state index in [0.29, 0.717) is 14.6 Å². The van der Waals surface area contributed by atoms with Gasteiger partial charge in [0.05, 0.1) is 18.2 Å². The lowest BCUT2D eigenvalue weighted by Gasteiger charge is -2.06. The van der Waals surface area contributed by atoms with Gasteiger partial charge in [-0.2, -0.15) is 4.98 Å². The number of anilines is 1. The van der Waals surface area contributed by atoms with Crippen LogP contribution in [0.4, 0.5) is 10.2 Å². The largest absolute Gasteiger partial charge is 0.497 e. The van der Waals surface area contributed by atoms with Crippen molar-refractivity contribution in [3.63, 3.8) is 0 Å². The fraction of sp³-hybridized carbons (Fsp3) is 0.0909. The van der Waals surface area contributed by atoms with Crippen LogP contribution in [0.1, 0.15) is 0 Å². The average Bonchev–Trinajstić information content (AvgIpc) is 2.42. The first-order valence-electron chi connectivity index (χ1n) is 5.14. The van der Waals surface area contributed by atoms with Crippen molar-refractivity contribution < 1.29 is 13.3 Å². The van der Waals surface area contributed by atoms with Gasteiger partial charge >= 0.3 is 5.69 Å². The number of nitrogens with zero attached hydrogens (tertiary/aromatic N) is 2. The minimum atomic E-state index is -1.90. The molecule has 19 heavy (non-hydrogen) atoms. The predicted molar refractivity (Wildman–Crippen MR) is 67.7 cm³/mol. The van der Waals surface area contributed by atoms with Crippen LogP contribution < -0.4 is 16.2 Å². The van der Waals surface area contributed by atoms with Crippen LogP contribution in [-0.2, 0) is 11.0 Å². The molecule has 1 heterocycles. The highest BCUT2D eigenvalue weighted by molar-refractivity contribution is 7.83. The van der Waals surface area contributed by atoms with Gasteiger partial charge < -0.3 is 10.5 Å². The number of halogens is 1. The molecule has 2 rings (SSSR count). The van der Waals surface area contributed by atoms with E-state index in [4.69, 9.17) is 10.5 Å². The number of nitrogens with two attached hydrogens (primary N) is 1. The molecule has 1 atom stereocenters. The van der Waals surface area contributed by atoms with Gasteiger partial charge in [0, 0.05) is 0 Å². The molecule has 1 aromatic carbocycles. The second-order valence-electron chi connectivity index (χ2n) is 3.51. The molecule has 1 unspecified atom stereocenters. The Balaban J connectivity index is 2.43. The first-order chi connectivity index (χ1) is 9.02. The van der Waals surface area contributed by atoms with E-state index < -0.39 is 28.3 Å². The van der Waals surface area contributed by atoms with Gasteiger partial charge in [0.25, 0.3) is 0 Å². The summed E-state index contributed by atoms with van der Waals surface area (Å²) in [5.74, 6) is -0.843. The van der Waals surface area contributed by atoms with Crippen molar-refractivity contribution in [2.24, 2.45) is 0 Å². The number of hydrogen-bond acceptors (Lipinski definition) is 5. The minimum absolute atomic E-state index is 0.314. The van der Waals surface area contributed by atoms with Gasteiger partial charge in [0.1, 0.15) is 5.75 Å². The van der Waals surface area contributed by atoms with Crippen LogP contribution in [-0.4, -0.2) is 20.3 Å². The van der Waals surface area contributed by atoms with Gasteiger partial charge in [-0.05, 0) is 24.3 Å². The fourth-order valence-corrected chi connectivity index (χ4v) is 2.32. The second-order valence-corrected chi connectivity index (χ2v) is 4.87. The standard InChI is InChI=1S/C11H10FN3O3S/c1-18-7-2-4-8(5-3-7)19(17)15-6-9(12)10(13)14-11(15)16/h2-6H,1H3,(H2,13,14,16). The molecule has 6 nitrogen and oxygen atoms in total. The maximum absolute atomic E-state index is 13.3. The van der Waals surface area contributed by atoms with Crippen LogP contribution >= 0.6 is 0 Å². The van der Waals surface area contributed by atoms with E-state index in [1.54, 1.807) is 12.1 Å². The van der Waals surface area contributed by atoms with Crippen LogP contribution in [0.5, 0.6) is 5.75 Å².